The summed E-state index contributed by atoms with van der Waals surface area (Å²) >= 11 is 6.16. The fourth-order valence-electron chi connectivity index (χ4n) is 3.00. The van der Waals surface area contributed by atoms with Crippen molar-refractivity contribution in [2.24, 2.45) is 0 Å². The Morgan fingerprint density at radius 2 is 1.89 bits per heavy atom. The van der Waals surface area contributed by atoms with Crippen molar-refractivity contribution in [1.82, 2.24) is 10.2 Å². The van der Waals surface area contributed by atoms with Crippen molar-refractivity contribution < 1.29 is 19.1 Å². The van der Waals surface area contributed by atoms with Crippen molar-refractivity contribution in [3.8, 4) is 11.5 Å². The average molecular weight is 389 g/mol. The Kier molecular flexibility index (Phi) is 6.19. The molecule has 0 unspecified atom stereocenters. The van der Waals surface area contributed by atoms with Crippen molar-refractivity contribution in [2.75, 3.05) is 20.3 Å². The second kappa shape index (κ2) is 8.77. The third-order valence-corrected chi connectivity index (χ3v) is 4.70. The van der Waals surface area contributed by atoms with Crippen LogP contribution in [-0.4, -0.2) is 43.0 Å². The van der Waals surface area contributed by atoms with Crippen molar-refractivity contribution in [3.05, 3.63) is 59.1 Å². The normalized spacial score (nSPS) is 16.3. The van der Waals surface area contributed by atoms with E-state index in [2.05, 4.69) is 5.32 Å². The van der Waals surface area contributed by atoms with E-state index >= 15 is 0 Å². The van der Waals surface area contributed by atoms with Crippen molar-refractivity contribution in [3.63, 3.8) is 0 Å². The van der Waals surface area contributed by atoms with Crippen LogP contribution in [0.15, 0.2) is 48.5 Å². The summed E-state index contributed by atoms with van der Waals surface area (Å²) in [6.07, 6.45) is 0.269. The van der Waals surface area contributed by atoms with Gasteiger partial charge in [-0.1, -0.05) is 41.9 Å². The van der Waals surface area contributed by atoms with Crippen LogP contribution in [0.25, 0.3) is 0 Å². The van der Waals surface area contributed by atoms with Crippen molar-refractivity contribution >= 4 is 23.4 Å². The van der Waals surface area contributed by atoms with Gasteiger partial charge >= 0.3 is 0 Å². The van der Waals surface area contributed by atoms with Gasteiger partial charge in [-0.3, -0.25) is 9.59 Å². The van der Waals surface area contributed by atoms with Crippen LogP contribution in [0.2, 0.25) is 5.02 Å². The number of likely N-dealkylation sites (tertiary alicyclic amines) is 1. The monoisotopic (exact) mass is 388 g/mol. The van der Waals surface area contributed by atoms with Crippen LogP contribution in [0.1, 0.15) is 12.0 Å². The summed E-state index contributed by atoms with van der Waals surface area (Å²) in [6.45, 7) is 0.739. The minimum absolute atomic E-state index is 0.00846. The number of hydrogen-bond acceptors (Lipinski definition) is 4. The Morgan fingerprint density at radius 3 is 2.63 bits per heavy atom. The molecule has 27 heavy (non-hydrogen) atoms. The molecule has 0 radical (unpaired) electrons. The molecular formula is C20H21ClN2O4. The quantitative estimate of drug-likeness (QED) is 0.791. The predicted octanol–water partition coefficient (Wildman–Crippen LogP) is 2.64. The molecule has 1 atom stereocenters. The number of rotatable bonds is 7. The second-order valence-corrected chi connectivity index (χ2v) is 6.68. The highest BCUT2D eigenvalue weighted by Crippen LogP contribution is 2.25. The molecule has 2 aromatic carbocycles. The summed E-state index contributed by atoms with van der Waals surface area (Å²) in [4.78, 5) is 26.1. The van der Waals surface area contributed by atoms with Crippen LogP contribution in [0.3, 0.4) is 0 Å². The molecule has 1 heterocycles. The number of hydrogen-bond donors (Lipinski definition) is 1. The van der Waals surface area contributed by atoms with E-state index in [0.29, 0.717) is 29.6 Å². The maximum absolute atomic E-state index is 12.2. The summed E-state index contributed by atoms with van der Waals surface area (Å²) in [7, 11) is 1.54. The number of carbonyl (C=O) groups is 2. The second-order valence-electron chi connectivity index (χ2n) is 6.27. The molecule has 142 valence electrons. The Balaban J connectivity index is 1.50. The van der Waals surface area contributed by atoms with Gasteiger partial charge in [0.05, 0.1) is 13.2 Å². The first-order valence-corrected chi connectivity index (χ1v) is 9.01. The van der Waals surface area contributed by atoms with Gasteiger partial charge in [0.2, 0.25) is 5.91 Å². The molecule has 7 heteroatoms. The first kappa shape index (κ1) is 19.0. The summed E-state index contributed by atoms with van der Waals surface area (Å²) in [5.74, 6) is 0.773. The lowest BCUT2D eigenvalue weighted by Crippen LogP contribution is -2.39. The van der Waals surface area contributed by atoms with Gasteiger partial charge in [-0.15, -0.1) is 0 Å². The number of nitrogens with one attached hydrogen (secondary N) is 1. The molecule has 0 spiro atoms. The number of ether oxygens (including phenoxy) is 2. The summed E-state index contributed by atoms with van der Waals surface area (Å²) in [5.41, 5.74) is 0.888. The molecule has 0 saturated carbocycles. The summed E-state index contributed by atoms with van der Waals surface area (Å²) in [5, 5.41) is 3.47. The van der Waals surface area contributed by atoms with Crippen molar-refractivity contribution in [2.45, 2.75) is 19.0 Å². The summed E-state index contributed by atoms with van der Waals surface area (Å²) in [6, 6.07) is 14.3. The van der Waals surface area contributed by atoms with E-state index in [1.165, 1.54) is 0 Å². The van der Waals surface area contributed by atoms with E-state index in [9.17, 15) is 9.59 Å². The third kappa shape index (κ3) is 4.92. The van der Waals surface area contributed by atoms with Gasteiger partial charge in [0.25, 0.3) is 5.91 Å². The molecule has 3 rings (SSSR count). The van der Waals surface area contributed by atoms with Crippen LogP contribution >= 0.6 is 11.6 Å². The molecule has 2 amide bonds. The minimum Gasteiger partial charge on any atom is -0.493 e. The highest BCUT2D eigenvalue weighted by Gasteiger charge is 2.30. The van der Waals surface area contributed by atoms with Gasteiger partial charge in [-0.05, 0) is 23.8 Å². The highest BCUT2D eigenvalue weighted by atomic mass is 35.5. The molecule has 0 aromatic heterocycles. The molecule has 0 bridgehead atoms. The van der Waals surface area contributed by atoms with Gasteiger partial charge in [0.1, 0.15) is 0 Å². The first-order chi connectivity index (χ1) is 13.1. The first-order valence-electron chi connectivity index (χ1n) is 8.63. The van der Waals surface area contributed by atoms with Crippen molar-refractivity contribution in [1.29, 1.82) is 0 Å². The average Bonchev–Trinajstić information content (AvgIpc) is 3.01. The highest BCUT2D eigenvalue weighted by molar-refractivity contribution is 6.31. The number of amides is 2. The molecular weight excluding hydrogens is 368 g/mol. The van der Waals surface area contributed by atoms with Gasteiger partial charge < -0.3 is 19.7 Å². The predicted molar refractivity (Wildman–Crippen MR) is 102 cm³/mol. The Bertz CT molecular complexity index is 827. The van der Waals surface area contributed by atoms with E-state index in [1.807, 2.05) is 24.3 Å². The van der Waals surface area contributed by atoms with E-state index in [1.54, 1.807) is 36.3 Å². The number of halogens is 1. The SMILES string of the molecule is COc1ccccc1OCC(=O)N[C@H]1CC(=O)N(Cc2ccccc2Cl)C1. The van der Waals surface area contributed by atoms with E-state index < -0.39 is 0 Å². The standard InChI is InChI=1S/C20H21ClN2O4/c1-26-17-8-4-5-9-18(17)27-13-19(24)22-15-10-20(25)23(12-15)11-14-6-2-3-7-16(14)21/h2-9,15H,10-13H2,1H3,(H,22,24)/t15-/m0/s1. The molecule has 1 aliphatic rings. The number of nitrogens with zero attached hydrogens (tertiary/aromatic N) is 1. The lowest BCUT2D eigenvalue weighted by Gasteiger charge is -2.18. The molecule has 0 aliphatic carbocycles. The van der Waals surface area contributed by atoms with Gasteiger partial charge in [-0.25, -0.2) is 0 Å². The third-order valence-electron chi connectivity index (χ3n) is 4.33. The van der Waals surface area contributed by atoms with Crippen LogP contribution in [0, 0.1) is 0 Å². The van der Waals surface area contributed by atoms with Crippen LogP contribution in [0.4, 0.5) is 0 Å². The fourth-order valence-corrected chi connectivity index (χ4v) is 3.20. The largest absolute Gasteiger partial charge is 0.493 e. The van der Waals surface area contributed by atoms with Crippen LogP contribution in [-0.2, 0) is 16.1 Å². The van der Waals surface area contributed by atoms with Crippen LogP contribution < -0.4 is 14.8 Å². The molecule has 1 aliphatic heterocycles. The minimum atomic E-state index is -0.279. The Morgan fingerprint density at radius 1 is 1.19 bits per heavy atom. The number of carbonyl (C=O) groups excluding carboxylic acids is 2. The fraction of sp³-hybridized carbons (Fsp3) is 0.300. The maximum atomic E-state index is 12.2. The van der Waals surface area contributed by atoms with Gasteiger partial charge in [-0.2, -0.15) is 0 Å². The zero-order valence-electron chi connectivity index (χ0n) is 15.0. The zero-order chi connectivity index (χ0) is 19.2. The maximum Gasteiger partial charge on any atom is 0.258 e. The smallest absolute Gasteiger partial charge is 0.258 e. The molecule has 6 nitrogen and oxygen atoms in total. The zero-order valence-corrected chi connectivity index (χ0v) is 15.7. The van der Waals surface area contributed by atoms with Gasteiger partial charge in [0, 0.05) is 24.5 Å². The van der Waals surface area contributed by atoms with Crippen LogP contribution in [0.5, 0.6) is 11.5 Å². The Labute approximate surface area is 163 Å². The van der Waals surface area contributed by atoms with Gasteiger partial charge in [0.15, 0.2) is 18.1 Å². The van der Waals surface area contributed by atoms with E-state index in [0.717, 1.165) is 5.56 Å². The molecule has 1 saturated heterocycles. The number of para-hydroxylation sites is 2. The molecule has 1 N–H and O–H groups in total. The van der Waals surface area contributed by atoms with E-state index in [4.69, 9.17) is 21.1 Å². The molecule has 2 aromatic rings. The van der Waals surface area contributed by atoms with E-state index in [-0.39, 0.29) is 30.9 Å². The Hall–Kier alpha value is -2.73. The lowest BCUT2D eigenvalue weighted by atomic mass is 10.2. The lowest BCUT2D eigenvalue weighted by molar-refractivity contribution is -0.128. The number of methoxy groups -OCH3 is 1. The summed E-state index contributed by atoms with van der Waals surface area (Å²) < 4.78 is 10.7. The topological polar surface area (TPSA) is 67.9 Å². The number of benzene rings is 2. The molecule has 1 fully saturated rings.